The summed E-state index contributed by atoms with van der Waals surface area (Å²) in [4.78, 5) is 12.9. The number of fused-ring (bicyclic) bond motifs is 2. The van der Waals surface area contributed by atoms with E-state index in [4.69, 9.17) is 9.15 Å². The predicted octanol–water partition coefficient (Wildman–Crippen LogP) is 4.39. The second-order valence-corrected chi connectivity index (χ2v) is 6.31. The van der Waals surface area contributed by atoms with Gasteiger partial charge in [0.2, 0.25) is 0 Å². The van der Waals surface area contributed by atoms with Gasteiger partial charge in [-0.05, 0) is 37.0 Å². The van der Waals surface area contributed by atoms with Crippen molar-refractivity contribution in [2.24, 2.45) is 0 Å². The van der Waals surface area contributed by atoms with Crippen molar-refractivity contribution in [1.29, 1.82) is 0 Å². The first-order valence-corrected chi connectivity index (χ1v) is 8.74. The smallest absolute Gasteiger partial charge is 0.287 e. The van der Waals surface area contributed by atoms with Gasteiger partial charge >= 0.3 is 0 Å². The average molecular weight is 335 g/mol. The van der Waals surface area contributed by atoms with Crippen molar-refractivity contribution >= 4 is 16.9 Å². The van der Waals surface area contributed by atoms with Crippen molar-refractivity contribution in [1.82, 2.24) is 5.32 Å². The molecule has 1 amide bonds. The maximum Gasteiger partial charge on any atom is 0.287 e. The molecule has 2 aromatic carbocycles. The molecule has 25 heavy (non-hydrogen) atoms. The summed E-state index contributed by atoms with van der Waals surface area (Å²) < 4.78 is 11.4. The van der Waals surface area contributed by atoms with E-state index in [-0.39, 0.29) is 11.9 Å². The summed E-state index contributed by atoms with van der Waals surface area (Å²) in [6.07, 6.45) is 1.92. The number of ether oxygens (including phenoxy) is 1. The second-order valence-electron chi connectivity index (χ2n) is 6.31. The van der Waals surface area contributed by atoms with Gasteiger partial charge in [-0.15, -0.1) is 0 Å². The lowest BCUT2D eigenvalue weighted by Gasteiger charge is -2.13. The molecule has 128 valence electrons. The maximum atomic E-state index is 12.9. The Morgan fingerprint density at radius 3 is 2.88 bits per heavy atom. The van der Waals surface area contributed by atoms with Gasteiger partial charge < -0.3 is 14.5 Å². The third-order valence-electron chi connectivity index (χ3n) is 4.79. The van der Waals surface area contributed by atoms with Crippen LogP contribution in [-0.4, -0.2) is 12.5 Å². The molecule has 1 N–H and O–H groups in total. The Hall–Kier alpha value is -2.59. The highest BCUT2D eigenvalue weighted by molar-refractivity contribution is 5.99. The van der Waals surface area contributed by atoms with Gasteiger partial charge in [-0.1, -0.05) is 42.5 Å². The molecule has 1 aliphatic rings. The van der Waals surface area contributed by atoms with Crippen molar-refractivity contribution in [2.75, 3.05) is 6.61 Å². The molecular formula is C21H21NO3. The van der Waals surface area contributed by atoms with Gasteiger partial charge in [0.1, 0.15) is 5.58 Å². The highest BCUT2D eigenvalue weighted by atomic mass is 16.5. The van der Waals surface area contributed by atoms with Crippen molar-refractivity contribution < 1.29 is 13.9 Å². The number of carbonyl (C=O) groups is 1. The number of hydrogen-bond acceptors (Lipinski definition) is 3. The molecule has 0 saturated carbocycles. The van der Waals surface area contributed by atoms with E-state index in [1.54, 1.807) is 0 Å². The summed E-state index contributed by atoms with van der Waals surface area (Å²) >= 11 is 0. The Balaban J connectivity index is 1.64. The quantitative estimate of drug-likeness (QED) is 0.752. The summed E-state index contributed by atoms with van der Waals surface area (Å²) in [7, 11) is 0. The van der Waals surface area contributed by atoms with E-state index in [9.17, 15) is 4.79 Å². The molecule has 0 aliphatic heterocycles. The number of carbonyl (C=O) groups excluding carboxylic acids is 1. The fourth-order valence-electron chi connectivity index (χ4n) is 3.56. The number of para-hydroxylation sites is 1. The van der Waals surface area contributed by atoms with E-state index in [0.717, 1.165) is 23.8 Å². The van der Waals surface area contributed by atoms with Gasteiger partial charge in [0.25, 0.3) is 5.91 Å². The van der Waals surface area contributed by atoms with Crippen LogP contribution in [0.5, 0.6) is 0 Å². The molecule has 4 nitrogen and oxygen atoms in total. The van der Waals surface area contributed by atoms with Crippen LogP contribution >= 0.6 is 0 Å². The highest BCUT2D eigenvalue weighted by Gasteiger charge is 2.27. The van der Waals surface area contributed by atoms with Crippen LogP contribution in [-0.2, 0) is 17.8 Å². The number of amides is 1. The molecule has 0 unspecified atom stereocenters. The molecule has 0 radical (unpaired) electrons. The second kappa shape index (κ2) is 6.73. The number of nitrogens with one attached hydrogen (secondary N) is 1. The van der Waals surface area contributed by atoms with Crippen molar-refractivity contribution in [2.45, 2.75) is 32.4 Å². The largest absolute Gasteiger partial charge is 0.451 e. The Morgan fingerprint density at radius 1 is 1.20 bits per heavy atom. The van der Waals surface area contributed by atoms with Crippen LogP contribution in [0.2, 0.25) is 0 Å². The van der Waals surface area contributed by atoms with Crippen LogP contribution in [0.15, 0.2) is 52.9 Å². The summed E-state index contributed by atoms with van der Waals surface area (Å²) in [5, 5.41) is 4.08. The van der Waals surface area contributed by atoms with Gasteiger partial charge in [0, 0.05) is 17.6 Å². The summed E-state index contributed by atoms with van der Waals surface area (Å²) in [6.45, 7) is 2.91. The average Bonchev–Trinajstić information content (AvgIpc) is 3.22. The van der Waals surface area contributed by atoms with E-state index in [2.05, 4.69) is 17.4 Å². The third kappa shape index (κ3) is 2.94. The third-order valence-corrected chi connectivity index (χ3v) is 4.79. The molecule has 0 saturated heterocycles. The van der Waals surface area contributed by atoms with Gasteiger partial charge in [-0.25, -0.2) is 0 Å². The van der Waals surface area contributed by atoms with Crippen molar-refractivity contribution in [3.63, 3.8) is 0 Å². The fourth-order valence-corrected chi connectivity index (χ4v) is 3.56. The van der Waals surface area contributed by atoms with Gasteiger partial charge in [0.15, 0.2) is 5.76 Å². The molecule has 3 aromatic rings. The Kier molecular flexibility index (Phi) is 4.28. The van der Waals surface area contributed by atoms with Gasteiger partial charge in [-0.3, -0.25) is 4.79 Å². The van der Waals surface area contributed by atoms with Crippen molar-refractivity contribution in [3.05, 3.63) is 71.0 Å². The SMILES string of the molecule is CCOCc1c(C(=O)N[C@H]2CCc3ccccc32)oc2ccccc12. The molecule has 1 heterocycles. The summed E-state index contributed by atoms with van der Waals surface area (Å²) in [5.74, 6) is 0.187. The normalized spacial score (nSPS) is 16.1. The first-order valence-electron chi connectivity index (χ1n) is 8.74. The number of rotatable bonds is 5. The molecule has 0 bridgehead atoms. The monoisotopic (exact) mass is 335 g/mol. The standard InChI is InChI=1S/C21H21NO3/c1-2-24-13-17-16-9-5-6-10-19(16)25-20(17)21(23)22-18-12-11-14-7-3-4-8-15(14)18/h3-10,18H,2,11-13H2,1H3,(H,22,23)/t18-/m0/s1. The lowest BCUT2D eigenvalue weighted by molar-refractivity contribution is 0.0898. The molecular weight excluding hydrogens is 314 g/mol. The Labute approximate surface area is 146 Å². The number of benzene rings is 2. The van der Waals surface area contributed by atoms with E-state index in [1.165, 1.54) is 11.1 Å². The Morgan fingerprint density at radius 2 is 2.00 bits per heavy atom. The van der Waals surface area contributed by atoms with Crippen LogP contribution in [0.4, 0.5) is 0 Å². The highest BCUT2D eigenvalue weighted by Crippen LogP contribution is 2.32. The first kappa shape index (κ1) is 15.9. The minimum Gasteiger partial charge on any atom is -0.451 e. The lowest BCUT2D eigenvalue weighted by atomic mass is 10.1. The van der Waals surface area contributed by atoms with Crippen LogP contribution < -0.4 is 5.32 Å². The van der Waals surface area contributed by atoms with E-state index in [1.807, 2.05) is 43.3 Å². The number of furan rings is 1. The maximum absolute atomic E-state index is 12.9. The lowest BCUT2D eigenvalue weighted by Crippen LogP contribution is -2.27. The number of hydrogen-bond donors (Lipinski definition) is 1. The zero-order chi connectivity index (χ0) is 17.2. The molecule has 0 spiro atoms. The first-order chi connectivity index (χ1) is 12.3. The van der Waals surface area contributed by atoms with Crippen LogP contribution in [0.25, 0.3) is 11.0 Å². The molecule has 0 fully saturated rings. The number of aryl methyl sites for hydroxylation is 1. The predicted molar refractivity (Wildman–Crippen MR) is 96.5 cm³/mol. The Bertz CT molecular complexity index is 912. The van der Waals surface area contributed by atoms with E-state index < -0.39 is 0 Å². The van der Waals surface area contributed by atoms with Gasteiger partial charge in [-0.2, -0.15) is 0 Å². The van der Waals surface area contributed by atoms with Crippen LogP contribution in [0.3, 0.4) is 0 Å². The van der Waals surface area contributed by atoms with Crippen LogP contribution in [0.1, 0.15) is 46.6 Å². The van der Waals surface area contributed by atoms with E-state index >= 15 is 0 Å². The summed E-state index contributed by atoms with van der Waals surface area (Å²) in [6, 6.07) is 16.0. The zero-order valence-corrected chi connectivity index (χ0v) is 14.2. The molecule has 1 aliphatic carbocycles. The topological polar surface area (TPSA) is 51.5 Å². The van der Waals surface area contributed by atoms with Crippen molar-refractivity contribution in [3.8, 4) is 0 Å². The molecule has 4 rings (SSSR count). The fraction of sp³-hybridized carbons (Fsp3) is 0.286. The molecule has 4 heteroatoms. The minimum absolute atomic E-state index is 0.0388. The molecule has 1 atom stereocenters. The summed E-state index contributed by atoms with van der Waals surface area (Å²) in [5.41, 5.74) is 4.06. The minimum atomic E-state index is -0.174. The van der Waals surface area contributed by atoms with Crippen LogP contribution in [0, 0.1) is 0 Å². The molecule has 1 aromatic heterocycles. The van der Waals surface area contributed by atoms with Gasteiger partial charge in [0.05, 0.1) is 12.6 Å². The zero-order valence-electron chi connectivity index (χ0n) is 14.2. The van der Waals surface area contributed by atoms with E-state index in [0.29, 0.717) is 24.6 Å².